The highest BCUT2D eigenvalue weighted by Gasteiger charge is 2.31. The minimum atomic E-state index is -0.836. The van der Waals surface area contributed by atoms with Gasteiger partial charge in [-0.05, 0) is 39.7 Å². The summed E-state index contributed by atoms with van der Waals surface area (Å²) in [5.41, 5.74) is -0.205. The van der Waals surface area contributed by atoms with Gasteiger partial charge in [0, 0.05) is 24.2 Å². The summed E-state index contributed by atoms with van der Waals surface area (Å²) in [4.78, 5) is 11.6. The molecule has 0 unspecified atom stereocenters. The van der Waals surface area contributed by atoms with E-state index in [1.54, 1.807) is 6.07 Å². The Kier molecular flexibility index (Phi) is 5.01. The quantitative estimate of drug-likeness (QED) is 0.898. The van der Waals surface area contributed by atoms with E-state index in [4.69, 9.17) is 4.74 Å². The van der Waals surface area contributed by atoms with Gasteiger partial charge in [0.05, 0.1) is 0 Å². The van der Waals surface area contributed by atoms with Crippen molar-refractivity contribution in [1.29, 1.82) is 0 Å². The molecule has 2 N–H and O–H groups in total. The molecule has 2 rings (SSSR count). The number of hydrogen-bond acceptors (Lipinski definition) is 3. The highest BCUT2D eigenvalue weighted by Crippen LogP contribution is 2.21. The summed E-state index contributed by atoms with van der Waals surface area (Å²) < 4.78 is 31.7. The predicted molar refractivity (Wildman–Crippen MR) is 79.4 cm³/mol. The van der Waals surface area contributed by atoms with Gasteiger partial charge in [-0.1, -0.05) is 12.1 Å². The molecule has 1 amide bonds. The van der Waals surface area contributed by atoms with Gasteiger partial charge >= 0.3 is 6.09 Å². The van der Waals surface area contributed by atoms with Gasteiger partial charge in [-0.15, -0.1) is 0 Å². The van der Waals surface area contributed by atoms with Gasteiger partial charge < -0.3 is 15.4 Å². The van der Waals surface area contributed by atoms with Crippen LogP contribution >= 0.6 is 0 Å². The molecular formula is C16H22F2N2O2. The summed E-state index contributed by atoms with van der Waals surface area (Å²) in [5, 5.41) is 5.94. The normalized spacial score (nSPS) is 21.1. The van der Waals surface area contributed by atoms with Crippen molar-refractivity contribution >= 4 is 6.09 Å². The largest absolute Gasteiger partial charge is 0.444 e. The van der Waals surface area contributed by atoms with E-state index < -0.39 is 23.3 Å². The molecule has 0 spiro atoms. The third-order valence-electron chi connectivity index (χ3n) is 3.47. The van der Waals surface area contributed by atoms with Crippen LogP contribution in [0.25, 0.3) is 0 Å². The molecular weight excluding hydrogens is 290 g/mol. The lowest BCUT2D eigenvalue weighted by Gasteiger charge is -2.36. The minimum Gasteiger partial charge on any atom is -0.444 e. The number of halogens is 2. The maximum atomic E-state index is 13.5. The molecule has 4 nitrogen and oxygen atoms in total. The van der Waals surface area contributed by atoms with Gasteiger partial charge in [-0.2, -0.15) is 0 Å². The second-order valence-electron chi connectivity index (χ2n) is 6.61. The Balaban J connectivity index is 1.69. The average molecular weight is 312 g/mol. The fraction of sp³-hybridized carbons (Fsp3) is 0.562. The molecule has 0 saturated heterocycles. The lowest BCUT2D eigenvalue weighted by atomic mass is 9.86. The molecule has 1 saturated carbocycles. The molecule has 0 aromatic heterocycles. The van der Waals surface area contributed by atoms with Crippen molar-refractivity contribution in [2.24, 2.45) is 0 Å². The molecule has 1 fully saturated rings. The zero-order valence-electron chi connectivity index (χ0n) is 13.1. The van der Waals surface area contributed by atoms with E-state index in [-0.39, 0.29) is 18.6 Å². The van der Waals surface area contributed by atoms with Gasteiger partial charge in [0.2, 0.25) is 0 Å². The van der Waals surface area contributed by atoms with Crippen molar-refractivity contribution in [1.82, 2.24) is 10.6 Å². The van der Waals surface area contributed by atoms with Crippen LogP contribution in [-0.2, 0) is 11.3 Å². The maximum Gasteiger partial charge on any atom is 0.407 e. The molecule has 0 bridgehead atoms. The van der Waals surface area contributed by atoms with Gasteiger partial charge in [0.25, 0.3) is 0 Å². The summed E-state index contributed by atoms with van der Waals surface area (Å²) in [6.45, 7) is 5.70. The Labute approximate surface area is 129 Å². The zero-order valence-corrected chi connectivity index (χ0v) is 13.1. The Bertz CT molecular complexity index is 537. The molecule has 0 atom stereocenters. The third-order valence-corrected chi connectivity index (χ3v) is 3.47. The van der Waals surface area contributed by atoms with Crippen LogP contribution in [0.2, 0.25) is 0 Å². The van der Waals surface area contributed by atoms with Crippen molar-refractivity contribution in [3.8, 4) is 0 Å². The zero-order chi connectivity index (χ0) is 16.3. The van der Waals surface area contributed by atoms with Crippen LogP contribution < -0.4 is 10.6 Å². The number of ether oxygens (including phenoxy) is 1. The summed E-state index contributed by atoms with van der Waals surface area (Å²) in [5.74, 6) is -1.64. The summed E-state index contributed by atoms with van der Waals surface area (Å²) in [6, 6.07) is 4.39. The third kappa shape index (κ3) is 4.66. The number of nitrogens with one attached hydrogen (secondary N) is 2. The van der Waals surface area contributed by atoms with Crippen molar-refractivity contribution < 1.29 is 18.3 Å². The standard InChI is InChI=1S/C16H22F2N2O2/c1-16(2,3)22-15(21)20-12-7-11(8-12)19-9-10-5-4-6-13(17)14(10)18/h4-6,11-12,19H,7-9H2,1-3H3,(H,20,21). The monoisotopic (exact) mass is 312 g/mol. The fourth-order valence-electron chi connectivity index (χ4n) is 2.32. The van der Waals surface area contributed by atoms with Gasteiger partial charge in [-0.25, -0.2) is 13.6 Å². The molecule has 1 aromatic carbocycles. The van der Waals surface area contributed by atoms with Crippen molar-refractivity contribution in [3.05, 3.63) is 35.4 Å². The molecule has 1 aliphatic carbocycles. The Morgan fingerprint density at radius 2 is 1.95 bits per heavy atom. The Morgan fingerprint density at radius 3 is 2.59 bits per heavy atom. The van der Waals surface area contributed by atoms with E-state index in [0.717, 1.165) is 18.9 Å². The van der Waals surface area contributed by atoms with E-state index in [0.29, 0.717) is 5.56 Å². The maximum absolute atomic E-state index is 13.5. The number of benzene rings is 1. The molecule has 0 heterocycles. The Morgan fingerprint density at radius 1 is 1.27 bits per heavy atom. The smallest absolute Gasteiger partial charge is 0.407 e. The lowest BCUT2D eigenvalue weighted by Crippen LogP contribution is -2.53. The highest BCUT2D eigenvalue weighted by atomic mass is 19.2. The van der Waals surface area contributed by atoms with E-state index in [1.165, 1.54) is 6.07 Å². The number of carbonyl (C=O) groups is 1. The first-order valence-corrected chi connectivity index (χ1v) is 7.40. The molecule has 22 heavy (non-hydrogen) atoms. The van der Waals surface area contributed by atoms with Crippen molar-refractivity contribution in [2.45, 2.75) is 57.8 Å². The van der Waals surface area contributed by atoms with E-state index in [1.807, 2.05) is 20.8 Å². The van der Waals surface area contributed by atoms with Crippen LogP contribution in [0.4, 0.5) is 13.6 Å². The minimum absolute atomic E-state index is 0.0599. The SMILES string of the molecule is CC(C)(C)OC(=O)NC1CC(NCc2cccc(F)c2F)C1. The van der Waals surface area contributed by atoms with Crippen molar-refractivity contribution in [2.75, 3.05) is 0 Å². The van der Waals surface area contributed by atoms with E-state index in [2.05, 4.69) is 10.6 Å². The molecule has 6 heteroatoms. The molecule has 1 aromatic rings. The first-order chi connectivity index (χ1) is 10.2. The van der Waals surface area contributed by atoms with Crippen LogP contribution in [0.3, 0.4) is 0 Å². The summed E-state index contributed by atoms with van der Waals surface area (Å²) in [6.07, 6.45) is 1.07. The lowest BCUT2D eigenvalue weighted by molar-refractivity contribution is 0.0465. The number of alkyl carbamates (subject to hydrolysis) is 1. The molecule has 0 radical (unpaired) electrons. The van der Waals surface area contributed by atoms with Crippen LogP contribution in [0.5, 0.6) is 0 Å². The van der Waals surface area contributed by atoms with Crippen molar-refractivity contribution in [3.63, 3.8) is 0 Å². The molecule has 0 aliphatic heterocycles. The van der Waals surface area contributed by atoms with Crippen LogP contribution in [0, 0.1) is 11.6 Å². The van der Waals surface area contributed by atoms with Gasteiger partial charge in [0.15, 0.2) is 11.6 Å². The fourth-order valence-corrected chi connectivity index (χ4v) is 2.32. The molecule has 122 valence electrons. The summed E-state index contributed by atoms with van der Waals surface area (Å²) >= 11 is 0. The van der Waals surface area contributed by atoms with Gasteiger partial charge in [0.1, 0.15) is 5.60 Å². The number of rotatable bonds is 4. The second kappa shape index (κ2) is 6.60. The average Bonchev–Trinajstić information content (AvgIpc) is 2.34. The summed E-state index contributed by atoms with van der Waals surface area (Å²) in [7, 11) is 0. The van der Waals surface area contributed by atoms with E-state index >= 15 is 0 Å². The number of hydrogen-bond donors (Lipinski definition) is 2. The van der Waals surface area contributed by atoms with Crippen LogP contribution in [-0.4, -0.2) is 23.8 Å². The number of carbonyl (C=O) groups excluding carboxylic acids is 1. The molecule has 1 aliphatic rings. The highest BCUT2D eigenvalue weighted by molar-refractivity contribution is 5.68. The van der Waals surface area contributed by atoms with E-state index in [9.17, 15) is 13.6 Å². The second-order valence-corrected chi connectivity index (χ2v) is 6.61. The van der Waals surface area contributed by atoms with Crippen LogP contribution in [0.15, 0.2) is 18.2 Å². The van der Waals surface area contributed by atoms with Gasteiger partial charge in [-0.3, -0.25) is 0 Å². The first-order valence-electron chi connectivity index (χ1n) is 7.40. The predicted octanol–water partition coefficient (Wildman–Crippen LogP) is 3.11. The Hall–Kier alpha value is -1.69. The first kappa shape index (κ1) is 16.7. The number of amides is 1. The van der Waals surface area contributed by atoms with Crippen LogP contribution in [0.1, 0.15) is 39.2 Å². The topological polar surface area (TPSA) is 50.4 Å².